The second kappa shape index (κ2) is 4.76. The molecule has 2 aromatic rings. The maximum atomic E-state index is 6.03. The van der Waals surface area contributed by atoms with Gasteiger partial charge in [-0.2, -0.15) is 0 Å². The molecule has 0 aliphatic carbocycles. The van der Waals surface area contributed by atoms with E-state index in [4.69, 9.17) is 23.2 Å². The van der Waals surface area contributed by atoms with Gasteiger partial charge in [0.2, 0.25) is 0 Å². The van der Waals surface area contributed by atoms with Crippen molar-refractivity contribution in [2.75, 3.05) is 5.32 Å². The number of aromatic amines is 1. The zero-order valence-electron chi connectivity index (χ0n) is 8.72. The third-order valence-electron chi connectivity index (χ3n) is 2.33. The molecule has 84 valence electrons. The van der Waals surface area contributed by atoms with E-state index < -0.39 is 0 Å². The van der Waals surface area contributed by atoms with Gasteiger partial charge in [0.15, 0.2) is 0 Å². The Bertz CT molecular complexity index is 473. The van der Waals surface area contributed by atoms with E-state index in [1.807, 2.05) is 13.0 Å². The van der Waals surface area contributed by atoms with Crippen LogP contribution < -0.4 is 5.32 Å². The van der Waals surface area contributed by atoms with E-state index in [1.54, 1.807) is 18.5 Å². The van der Waals surface area contributed by atoms with Gasteiger partial charge in [-0.15, -0.1) is 0 Å². The summed E-state index contributed by atoms with van der Waals surface area (Å²) in [5.74, 6) is 0. The molecule has 0 atom stereocenters. The fraction of sp³-hybridized carbons (Fsp3) is 0.182. The average Bonchev–Trinajstić information content (AvgIpc) is 2.64. The van der Waals surface area contributed by atoms with E-state index >= 15 is 0 Å². The fourth-order valence-corrected chi connectivity index (χ4v) is 1.94. The molecule has 1 aromatic carbocycles. The Morgan fingerprint density at radius 1 is 1.31 bits per heavy atom. The summed E-state index contributed by atoms with van der Waals surface area (Å²) in [5.41, 5.74) is 2.74. The predicted molar refractivity (Wildman–Crippen MR) is 67.1 cm³/mol. The monoisotopic (exact) mass is 255 g/mol. The van der Waals surface area contributed by atoms with E-state index in [1.165, 1.54) is 0 Å². The standard InChI is InChI=1S/C11H11Cl2N3/c1-7-10(16-6-15-7)5-14-11-8(12)3-2-4-9(11)13/h2-4,6,14H,5H2,1H3,(H,15,16). The second-order valence-electron chi connectivity index (χ2n) is 3.42. The third kappa shape index (κ3) is 2.31. The van der Waals surface area contributed by atoms with Crippen LogP contribution in [0.2, 0.25) is 10.0 Å². The lowest BCUT2D eigenvalue weighted by atomic mass is 10.3. The molecular weight excluding hydrogens is 245 g/mol. The molecule has 0 saturated carbocycles. The van der Waals surface area contributed by atoms with Gasteiger partial charge in [0.1, 0.15) is 0 Å². The highest BCUT2D eigenvalue weighted by Crippen LogP contribution is 2.30. The SMILES string of the molecule is Cc1[nH]cnc1CNc1c(Cl)cccc1Cl. The minimum Gasteiger partial charge on any atom is -0.377 e. The lowest BCUT2D eigenvalue weighted by Gasteiger charge is -2.09. The van der Waals surface area contributed by atoms with Crippen LogP contribution in [0.5, 0.6) is 0 Å². The quantitative estimate of drug-likeness (QED) is 0.880. The number of nitrogens with one attached hydrogen (secondary N) is 2. The molecule has 0 aliphatic rings. The van der Waals surface area contributed by atoms with Gasteiger partial charge in [0.05, 0.1) is 34.3 Å². The zero-order chi connectivity index (χ0) is 11.5. The zero-order valence-corrected chi connectivity index (χ0v) is 10.2. The first-order valence-electron chi connectivity index (χ1n) is 4.85. The van der Waals surface area contributed by atoms with Crippen LogP contribution in [0.25, 0.3) is 0 Å². The second-order valence-corrected chi connectivity index (χ2v) is 4.24. The van der Waals surface area contributed by atoms with Gasteiger partial charge < -0.3 is 10.3 Å². The van der Waals surface area contributed by atoms with Gasteiger partial charge in [0.25, 0.3) is 0 Å². The number of rotatable bonds is 3. The number of halogens is 2. The fourth-order valence-electron chi connectivity index (χ4n) is 1.40. The summed E-state index contributed by atoms with van der Waals surface area (Å²) < 4.78 is 0. The Hall–Kier alpha value is -1.19. The van der Waals surface area contributed by atoms with E-state index in [0.717, 1.165) is 17.1 Å². The smallest absolute Gasteiger partial charge is 0.0925 e. The first-order valence-corrected chi connectivity index (χ1v) is 5.61. The van der Waals surface area contributed by atoms with Gasteiger partial charge in [-0.1, -0.05) is 29.3 Å². The number of H-pyrrole nitrogens is 1. The van der Waals surface area contributed by atoms with Crippen molar-refractivity contribution in [3.8, 4) is 0 Å². The number of imidazole rings is 1. The molecule has 0 spiro atoms. The van der Waals surface area contributed by atoms with Crippen LogP contribution in [0.15, 0.2) is 24.5 Å². The van der Waals surface area contributed by atoms with Gasteiger partial charge in [-0.05, 0) is 19.1 Å². The average molecular weight is 256 g/mol. The van der Waals surface area contributed by atoms with Crippen molar-refractivity contribution in [1.29, 1.82) is 0 Å². The van der Waals surface area contributed by atoms with E-state index in [9.17, 15) is 0 Å². The summed E-state index contributed by atoms with van der Waals surface area (Å²) in [6.07, 6.45) is 1.67. The van der Waals surface area contributed by atoms with Gasteiger partial charge in [0, 0.05) is 5.69 Å². The molecule has 3 nitrogen and oxygen atoms in total. The highest BCUT2D eigenvalue weighted by molar-refractivity contribution is 6.39. The molecule has 2 N–H and O–H groups in total. The first-order chi connectivity index (χ1) is 7.68. The van der Waals surface area contributed by atoms with Crippen LogP contribution >= 0.6 is 23.2 Å². The van der Waals surface area contributed by atoms with Crippen molar-refractivity contribution < 1.29 is 0 Å². The van der Waals surface area contributed by atoms with E-state index in [0.29, 0.717) is 16.6 Å². The third-order valence-corrected chi connectivity index (χ3v) is 2.96. The largest absolute Gasteiger partial charge is 0.377 e. The Balaban J connectivity index is 2.14. The Kier molecular flexibility index (Phi) is 3.36. The van der Waals surface area contributed by atoms with E-state index in [-0.39, 0.29) is 0 Å². The number of aromatic nitrogens is 2. The topological polar surface area (TPSA) is 40.7 Å². The van der Waals surface area contributed by atoms with Crippen molar-refractivity contribution >= 4 is 28.9 Å². The van der Waals surface area contributed by atoms with Crippen molar-refractivity contribution in [3.05, 3.63) is 46.0 Å². The number of aryl methyl sites for hydroxylation is 1. The number of hydrogen-bond acceptors (Lipinski definition) is 2. The summed E-state index contributed by atoms with van der Waals surface area (Å²) in [6.45, 7) is 2.57. The van der Waals surface area contributed by atoms with Crippen molar-refractivity contribution in [2.45, 2.75) is 13.5 Å². The van der Waals surface area contributed by atoms with Gasteiger partial charge in [-0.3, -0.25) is 0 Å². The molecule has 1 heterocycles. The van der Waals surface area contributed by atoms with E-state index in [2.05, 4.69) is 15.3 Å². The highest BCUT2D eigenvalue weighted by Gasteiger charge is 2.06. The maximum Gasteiger partial charge on any atom is 0.0925 e. The van der Waals surface area contributed by atoms with Crippen LogP contribution in [0.3, 0.4) is 0 Å². The number of nitrogens with zero attached hydrogens (tertiary/aromatic N) is 1. The Morgan fingerprint density at radius 3 is 2.56 bits per heavy atom. The first kappa shape index (κ1) is 11.3. The summed E-state index contributed by atoms with van der Waals surface area (Å²) in [6, 6.07) is 5.41. The molecule has 1 aromatic heterocycles. The molecule has 0 fully saturated rings. The highest BCUT2D eigenvalue weighted by atomic mass is 35.5. The van der Waals surface area contributed by atoms with Crippen LogP contribution in [0.1, 0.15) is 11.4 Å². The molecule has 2 rings (SSSR count). The van der Waals surface area contributed by atoms with Crippen LogP contribution in [-0.2, 0) is 6.54 Å². The Morgan fingerprint density at radius 2 is 2.00 bits per heavy atom. The summed E-state index contributed by atoms with van der Waals surface area (Å²) in [5, 5.41) is 4.40. The minimum absolute atomic E-state index is 0.596. The molecule has 0 radical (unpaired) electrons. The molecule has 0 saturated heterocycles. The lowest BCUT2D eigenvalue weighted by Crippen LogP contribution is -2.02. The molecule has 0 unspecified atom stereocenters. The summed E-state index contributed by atoms with van der Waals surface area (Å²) in [7, 11) is 0. The molecule has 16 heavy (non-hydrogen) atoms. The predicted octanol–water partition coefficient (Wildman–Crippen LogP) is 3.64. The molecular formula is C11H11Cl2N3. The van der Waals surface area contributed by atoms with Crippen LogP contribution in [-0.4, -0.2) is 9.97 Å². The lowest BCUT2D eigenvalue weighted by molar-refractivity contribution is 1.05. The molecule has 5 heteroatoms. The Labute approximate surface area is 104 Å². The molecule has 0 amide bonds. The number of anilines is 1. The van der Waals surface area contributed by atoms with Gasteiger partial charge >= 0.3 is 0 Å². The minimum atomic E-state index is 0.596. The van der Waals surface area contributed by atoms with Gasteiger partial charge in [-0.25, -0.2) is 4.98 Å². The van der Waals surface area contributed by atoms with Crippen LogP contribution in [0, 0.1) is 6.92 Å². The number of benzene rings is 1. The maximum absolute atomic E-state index is 6.03. The summed E-state index contributed by atoms with van der Waals surface area (Å²) in [4.78, 5) is 7.20. The van der Waals surface area contributed by atoms with Crippen LogP contribution in [0.4, 0.5) is 5.69 Å². The number of para-hydroxylation sites is 1. The van der Waals surface area contributed by atoms with Crippen molar-refractivity contribution in [1.82, 2.24) is 9.97 Å². The normalized spacial score (nSPS) is 10.4. The molecule has 0 bridgehead atoms. The number of hydrogen-bond donors (Lipinski definition) is 2. The molecule has 0 aliphatic heterocycles. The summed E-state index contributed by atoms with van der Waals surface area (Å²) >= 11 is 12.1. The van der Waals surface area contributed by atoms with Crippen molar-refractivity contribution in [2.24, 2.45) is 0 Å². The van der Waals surface area contributed by atoms with Crippen molar-refractivity contribution in [3.63, 3.8) is 0 Å².